The number of carbonyl (C=O) groups is 4. The molecule has 0 spiro atoms. The van der Waals surface area contributed by atoms with E-state index in [0.717, 1.165) is 62.5 Å². The number of hydrazine groups is 2. The van der Waals surface area contributed by atoms with Gasteiger partial charge in [-0.1, -0.05) is 78.4 Å². The molecule has 44 heavy (non-hydrogen) atoms. The molecule has 0 aliphatic carbocycles. The monoisotopic (exact) mass is 610 g/mol. The lowest BCUT2D eigenvalue weighted by atomic mass is 9.83. The van der Waals surface area contributed by atoms with Crippen LogP contribution in [0.4, 0.5) is 0 Å². The molecule has 10 heteroatoms. The number of carbonyl (C=O) groups excluding carboxylic acids is 4. The largest absolute Gasteiger partial charge is 0.507 e. The fourth-order valence-electron chi connectivity index (χ4n) is 5.12. The summed E-state index contributed by atoms with van der Waals surface area (Å²) in [4.78, 5) is 52.6. The van der Waals surface area contributed by atoms with Crippen molar-refractivity contribution < 1.29 is 29.4 Å². The number of phenols is 2. The fraction of sp³-hybridized carbons (Fsp3) is 0.529. The second-order valence-electron chi connectivity index (χ2n) is 11.3. The quantitative estimate of drug-likeness (QED) is 0.101. The topological polar surface area (TPSA) is 157 Å². The molecule has 2 aromatic carbocycles. The van der Waals surface area contributed by atoms with Gasteiger partial charge in [0.05, 0.1) is 23.0 Å². The lowest BCUT2D eigenvalue weighted by Gasteiger charge is -2.26. The maximum Gasteiger partial charge on any atom is 0.273 e. The predicted molar refractivity (Wildman–Crippen MR) is 171 cm³/mol. The highest BCUT2D eigenvalue weighted by Crippen LogP contribution is 2.25. The average Bonchev–Trinajstić information content (AvgIpc) is 3.02. The van der Waals surface area contributed by atoms with Gasteiger partial charge in [-0.2, -0.15) is 0 Å². The van der Waals surface area contributed by atoms with Gasteiger partial charge in [0.15, 0.2) is 0 Å². The molecule has 0 saturated heterocycles. The number of hydrogen-bond acceptors (Lipinski definition) is 6. The zero-order valence-electron chi connectivity index (χ0n) is 26.6. The van der Waals surface area contributed by atoms with E-state index in [-0.39, 0.29) is 22.6 Å². The van der Waals surface area contributed by atoms with Crippen LogP contribution in [-0.2, 0) is 22.4 Å². The van der Waals surface area contributed by atoms with E-state index in [2.05, 4.69) is 35.6 Å². The van der Waals surface area contributed by atoms with Gasteiger partial charge in [0.25, 0.3) is 11.8 Å². The first-order chi connectivity index (χ1) is 21.2. The van der Waals surface area contributed by atoms with Crippen LogP contribution in [0.5, 0.6) is 11.5 Å². The summed E-state index contributed by atoms with van der Waals surface area (Å²) >= 11 is 0. The van der Waals surface area contributed by atoms with Crippen molar-refractivity contribution in [3.05, 3.63) is 58.7 Å². The van der Waals surface area contributed by atoms with Crippen molar-refractivity contribution in [2.24, 2.45) is 11.8 Å². The molecule has 2 rings (SSSR count). The minimum Gasteiger partial charge on any atom is -0.507 e. The third-order valence-electron chi connectivity index (χ3n) is 7.73. The van der Waals surface area contributed by atoms with Gasteiger partial charge >= 0.3 is 0 Å². The fourth-order valence-corrected chi connectivity index (χ4v) is 5.12. The molecule has 0 heterocycles. The number of amides is 4. The number of nitrogens with one attached hydrogen (secondary N) is 4. The number of aryl methyl sites for hydroxylation is 2. The second kappa shape index (κ2) is 19.2. The van der Waals surface area contributed by atoms with Crippen molar-refractivity contribution >= 4 is 23.6 Å². The third kappa shape index (κ3) is 11.2. The van der Waals surface area contributed by atoms with Crippen LogP contribution in [0.1, 0.15) is 124 Å². The first-order valence-corrected chi connectivity index (χ1v) is 16.0. The van der Waals surface area contributed by atoms with Crippen molar-refractivity contribution in [1.29, 1.82) is 0 Å². The van der Waals surface area contributed by atoms with E-state index in [0.29, 0.717) is 25.7 Å². The van der Waals surface area contributed by atoms with Crippen LogP contribution in [0.25, 0.3) is 0 Å². The summed E-state index contributed by atoms with van der Waals surface area (Å²) < 4.78 is 0. The van der Waals surface area contributed by atoms with Gasteiger partial charge in [0, 0.05) is 0 Å². The molecule has 2 unspecified atom stereocenters. The summed E-state index contributed by atoms with van der Waals surface area (Å²) in [5.41, 5.74) is 11.6. The van der Waals surface area contributed by atoms with E-state index in [1.165, 1.54) is 12.1 Å². The summed E-state index contributed by atoms with van der Waals surface area (Å²) in [5.74, 6) is -4.36. The van der Waals surface area contributed by atoms with E-state index >= 15 is 0 Å². The molecule has 0 bridgehead atoms. The van der Waals surface area contributed by atoms with Gasteiger partial charge in [-0.15, -0.1) is 0 Å². The Morgan fingerprint density at radius 3 is 1.41 bits per heavy atom. The van der Waals surface area contributed by atoms with Crippen molar-refractivity contribution in [1.82, 2.24) is 21.7 Å². The van der Waals surface area contributed by atoms with Gasteiger partial charge < -0.3 is 10.2 Å². The molecule has 6 N–H and O–H groups in total. The van der Waals surface area contributed by atoms with Crippen molar-refractivity contribution in [3.8, 4) is 11.5 Å². The van der Waals surface area contributed by atoms with Crippen LogP contribution < -0.4 is 21.7 Å². The third-order valence-corrected chi connectivity index (χ3v) is 7.73. The molecular formula is C34H50N4O6. The Balaban J connectivity index is 2.15. The summed E-state index contributed by atoms with van der Waals surface area (Å²) in [6.07, 6.45) is 9.23. The van der Waals surface area contributed by atoms with E-state index < -0.39 is 35.5 Å². The molecule has 0 aromatic heterocycles. The van der Waals surface area contributed by atoms with Crippen molar-refractivity contribution in [3.63, 3.8) is 0 Å². The molecule has 0 saturated carbocycles. The van der Waals surface area contributed by atoms with Crippen LogP contribution in [0.15, 0.2) is 36.4 Å². The van der Waals surface area contributed by atoms with Gasteiger partial charge in [-0.05, 0) is 73.9 Å². The Labute approximate surface area is 261 Å². The lowest BCUT2D eigenvalue weighted by molar-refractivity contribution is -0.136. The van der Waals surface area contributed by atoms with Gasteiger partial charge in [0.1, 0.15) is 11.5 Å². The Bertz CT molecular complexity index is 1250. The first kappa shape index (κ1) is 36.1. The van der Waals surface area contributed by atoms with E-state index in [1.807, 2.05) is 13.8 Å². The van der Waals surface area contributed by atoms with Gasteiger partial charge in [0.2, 0.25) is 11.8 Å². The minimum absolute atomic E-state index is 0.0490. The highest BCUT2D eigenvalue weighted by atomic mass is 16.3. The zero-order chi connectivity index (χ0) is 32.5. The summed E-state index contributed by atoms with van der Waals surface area (Å²) in [7, 11) is 0. The molecule has 0 fully saturated rings. The standard InChI is InChI=1S/C34H50N4O6/c1-5-9-12-16-26(32(42)36-38-34(44)28-22-24(15-11-7-3)18-20-30(28)40)25(13-8-4)31(41)35-37-33(43)27-21-23(14-10-6-2)17-19-29(27)39/h17-22,25-26,39-40H,5-16H2,1-4H3,(H,35,41)(H,36,42)(H,37,43)(H,38,44). The van der Waals surface area contributed by atoms with E-state index in [4.69, 9.17) is 0 Å². The van der Waals surface area contributed by atoms with Crippen LogP contribution in [0, 0.1) is 11.8 Å². The van der Waals surface area contributed by atoms with E-state index in [9.17, 15) is 29.4 Å². The molecule has 0 aliphatic rings. The first-order valence-electron chi connectivity index (χ1n) is 16.0. The number of unbranched alkanes of at least 4 members (excludes halogenated alkanes) is 4. The SMILES string of the molecule is CCCCCC(C(=O)NNC(=O)c1cc(CCCC)ccc1O)C(CCC)C(=O)NNC(=O)c1cc(CCCC)ccc1O. The number of benzene rings is 2. The average molecular weight is 611 g/mol. The highest BCUT2D eigenvalue weighted by molar-refractivity contribution is 5.99. The Morgan fingerprint density at radius 2 is 1.00 bits per heavy atom. The lowest BCUT2D eigenvalue weighted by Crippen LogP contribution is -2.51. The smallest absolute Gasteiger partial charge is 0.273 e. The summed E-state index contributed by atoms with van der Waals surface area (Å²) in [6.45, 7) is 8.07. The van der Waals surface area contributed by atoms with Crippen molar-refractivity contribution in [2.45, 2.75) is 105 Å². The van der Waals surface area contributed by atoms with Crippen LogP contribution in [0.2, 0.25) is 0 Å². The maximum absolute atomic E-state index is 13.4. The highest BCUT2D eigenvalue weighted by Gasteiger charge is 2.33. The minimum atomic E-state index is -0.788. The zero-order valence-corrected chi connectivity index (χ0v) is 26.6. The van der Waals surface area contributed by atoms with Crippen LogP contribution in [0.3, 0.4) is 0 Å². The normalized spacial score (nSPS) is 12.2. The molecule has 4 amide bonds. The molecular weight excluding hydrogens is 560 g/mol. The predicted octanol–water partition coefficient (Wildman–Crippen LogP) is 5.62. The molecule has 2 atom stereocenters. The number of phenolic OH excluding ortho intramolecular Hbond substituents is 2. The maximum atomic E-state index is 13.4. The molecule has 0 radical (unpaired) electrons. The molecule has 242 valence electrons. The van der Waals surface area contributed by atoms with Crippen LogP contribution in [-0.4, -0.2) is 33.8 Å². The molecule has 0 aliphatic heterocycles. The van der Waals surface area contributed by atoms with Crippen LogP contribution >= 0.6 is 0 Å². The second-order valence-corrected chi connectivity index (χ2v) is 11.3. The Morgan fingerprint density at radius 1 is 0.568 bits per heavy atom. The number of hydrogen-bond donors (Lipinski definition) is 6. The summed E-state index contributed by atoms with van der Waals surface area (Å²) in [6, 6.07) is 9.68. The number of rotatable bonds is 17. The number of aromatic hydroxyl groups is 2. The van der Waals surface area contributed by atoms with Crippen molar-refractivity contribution in [2.75, 3.05) is 0 Å². The van der Waals surface area contributed by atoms with Gasteiger partial charge in [-0.25, -0.2) is 0 Å². The molecule has 10 nitrogen and oxygen atoms in total. The van der Waals surface area contributed by atoms with Gasteiger partial charge in [-0.3, -0.25) is 40.9 Å². The Kier molecular flexibility index (Phi) is 15.8. The molecule has 2 aromatic rings. The summed E-state index contributed by atoms with van der Waals surface area (Å²) in [5, 5.41) is 20.5. The Hall–Kier alpha value is -4.08. The van der Waals surface area contributed by atoms with E-state index in [1.54, 1.807) is 24.3 Å².